The largest absolute Gasteiger partial charge is 0.389 e. The van der Waals surface area contributed by atoms with Crippen molar-refractivity contribution in [3.05, 3.63) is 58.1 Å². The van der Waals surface area contributed by atoms with Gasteiger partial charge in [-0.15, -0.1) is 0 Å². The number of aliphatic hydroxyl groups excluding tert-OH is 2. The van der Waals surface area contributed by atoms with Gasteiger partial charge in [-0.3, -0.25) is 4.90 Å². The number of rotatable bonds is 8. The molecule has 3 aromatic heterocycles. The number of hydrogen-bond donors (Lipinski definition) is 3. The summed E-state index contributed by atoms with van der Waals surface area (Å²) in [6.45, 7) is 6.97. The third kappa shape index (κ3) is 4.89. The van der Waals surface area contributed by atoms with E-state index in [0.29, 0.717) is 38.0 Å². The molecule has 1 aliphatic rings. The summed E-state index contributed by atoms with van der Waals surface area (Å²) in [5.74, 6) is 1.12. The number of anilines is 2. The van der Waals surface area contributed by atoms with Crippen LogP contribution in [-0.2, 0) is 17.8 Å². The summed E-state index contributed by atoms with van der Waals surface area (Å²) in [6.07, 6.45) is 2.23. The SMILES string of the molecule is COCCn1c(C)c(Br)c2cc(Nc3nccc(-n4cc(CN5CC(O)C(O)C5)c(C)n4)n3)ccc21. The van der Waals surface area contributed by atoms with Crippen LogP contribution >= 0.6 is 15.9 Å². The van der Waals surface area contributed by atoms with Crippen LogP contribution < -0.4 is 5.32 Å². The fourth-order valence-electron chi connectivity index (χ4n) is 4.64. The first-order valence-corrected chi connectivity index (χ1v) is 12.6. The highest BCUT2D eigenvalue weighted by molar-refractivity contribution is 9.10. The van der Waals surface area contributed by atoms with E-state index in [9.17, 15) is 10.2 Å². The highest BCUT2D eigenvalue weighted by atomic mass is 79.9. The van der Waals surface area contributed by atoms with Crippen molar-refractivity contribution < 1.29 is 14.9 Å². The number of aryl methyl sites for hydroxylation is 1. The molecule has 11 heteroatoms. The average Bonchev–Trinajstić information content (AvgIpc) is 3.46. The molecule has 0 aliphatic carbocycles. The molecule has 1 aliphatic heterocycles. The molecule has 4 aromatic rings. The maximum atomic E-state index is 9.83. The number of hydrogen-bond acceptors (Lipinski definition) is 8. The van der Waals surface area contributed by atoms with E-state index in [1.54, 1.807) is 18.0 Å². The molecule has 0 bridgehead atoms. The van der Waals surface area contributed by atoms with Crippen LogP contribution in [0.1, 0.15) is 17.0 Å². The van der Waals surface area contributed by atoms with Crippen LogP contribution in [0.25, 0.3) is 16.7 Å². The normalized spacial score (nSPS) is 18.4. The molecule has 10 nitrogen and oxygen atoms in total. The van der Waals surface area contributed by atoms with E-state index in [1.165, 1.54) is 0 Å². The Kier molecular flexibility index (Phi) is 7.09. The van der Waals surface area contributed by atoms with Gasteiger partial charge in [-0.25, -0.2) is 9.67 Å². The molecule has 0 saturated carbocycles. The Labute approximate surface area is 217 Å². The molecule has 4 heterocycles. The number of β-amino-alcohol motifs (C(OH)–C–C–N with tert-alkyl or cyclic N) is 2. The van der Waals surface area contributed by atoms with Gasteiger partial charge in [0.05, 0.1) is 24.5 Å². The van der Waals surface area contributed by atoms with Crippen LogP contribution in [0.2, 0.25) is 0 Å². The van der Waals surface area contributed by atoms with Gasteiger partial charge in [0, 0.05) is 84.1 Å². The second kappa shape index (κ2) is 10.3. The van der Waals surface area contributed by atoms with Gasteiger partial charge in [0.2, 0.25) is 5.95 Å². The van der Waals surface area contributed by atoms with Crippen molar-refractivity contribution in [2.45, 2.75) is 39.1 Å². The number of fused-ring (bicyclic) bond motifs is 1. The molecule has 0 amide bonds. The second-order valence-corrected chi connectivity index (χ2v) is 9.95. The van der Waals surface area contributed by atoms with E-state index in [1.807, 2.05) is 30.2 Å². The zero-order valence-electron chi connectivity index (χ0n) is 20.5. The number of methoxy groups -OCH3 is 1. The fraction of sp³-hybridized carbons (Fsp3) is 0.400. The molecule has 1 saturated heterocycles. The molecule has 3 N–H and O–H groups in total. The number of aromatic nitrogens is 5. The van der Waals surface area contributed by atoms with Crippen LogP contribution in [0.4, 0.5) is 11.6 Å². The van der Waals surface area contributed by atoms with Gasteiger partial charge in [-0.2, -0.15) is 10.1 Å². The smallest absolute Gasteiger partial charge is 0.229 e. The van der Waals surface area contributed by atoms with Crippen molar-refractivity contribution in [3.63, 3.8) is 0 Å². The Morgan fingerprint density at radius 2 is 1.94 bits per heavy atom. The topological polar surface area (TPSA) is 113 Å². The molecule has 1 fully saturated rings. The molecule has 1 aromatic carbocycles. The lowest BCUT2D eigenvalue weighted by Gasteiger charge is -2.13. The summed E-state index contributed by atoms with van der Waals surface area (Å²) in [5, 5.41) is 28.7. The number of ether oxygens (including phenoxy) is 1. The monoisotopic (exact) mass is 555 g/mol. The minimum absolute atomic E-state index is 0.448. The van der Waals surface area contributed by atoms with Crippen molar-refractivity contribution in [2.75, 3.05) is 32.1 Å². The van der Waals surface area contributed by atoms with Gasteiger partial charge in [-0.1, -0.05) is 0 Å². The minimum atomic E-state index is -0.705. The third-order valence-electron chi connectivity index (χ3n) is 6.63. The van der Waals surface area contributed by atoms with E-state index in [-0.39, 0.29) is 0 Å². The van der Waals surface area contributed by atoms with E-state index in [2.05, 4.69) is 59.9 Å². The van der Waals surface area contributed by atoms with Crippen LogP contribution in [0.5, 0.6) is 0 Å². The molecular weight excluding hydrogens is 526 g/mol. The van der Waals surface area contributed by atoms with E-state index in [0.717, 1.165) is 44.6 Å². The number of halogens is 1. The number of nitrogens with zero attached hydrogens (tertiary/aromatic N) is 6. The summed E-state index contributed by atoms with van der Waals surface area (Å²) in [5.41, 5.74) is 5.07. The Morgan fingerprint density at radius 1 is 1.17 bits per heavy atom. The molecule has 2 atom stereocenters. The Bertz CT molecular complexity index is 1380. The quantitative estimate of drug-likeness (QED) is 0.304. The van der Waals surface area contributed by atoms with Gasteiger partial charge >= 0.3 is 0 Å². The molecular formula is C25H30BrN7O3. The third-order valence-corrected chi connectivity index (χ3v) is 7.63. The lowest BCUT2D eigenvalue weighted by atomic mass is 10.2. The fourth-order valence-corrected chi connectivity index (χ4v) is 5.17. The highest BCUT2D eigenvalue weighted by Gasteiger charge is 2.30. The number of aliphatic hydroxyl groups is 2. The van der Waals surface area contributed by atoms with Crippen LogP contribution in [0, 0.1) is 13.8 Å². The van der Waals surface area contributed by atoms with Gasteiger partial charge < -0.3 is 24.8 Å². The Morgan fingerprint density at radius 3 is 2.69 bits per heavy atom. The zero-order chi connectivity index (χ0) is 25.4. The molecule has 2 unspecified atom stereocenters. The van der Waals surface area contributed by atoms with Gasteiger partial charge in [0.15, 0.2) is 5.82 Å². The van der Waals surface area contributed by atoms with Crippen LogP contribution in [0.3, 0.4) is 0 Å². The van der Waals surface area contributed by atoms with Gasteiger partial charge in [0.25, 0.3) is 0 Å². The molecule has 0 spiro atoms. The Balaban J connectivity index is 1.35. The maximum absolute atomic E-state index is 9.83. The predicted molar refractivity (Wildman–Crippen MR) is 141 cm³/mol. The summed E-state index contributed by atoms with van der Waals surface area (Å²) in [7, 11) is 1.71. The van der Waals surface area contributed by atoms with Crippen molar-refractivity contribution in [3.8, 4) is 5.82 Å². The first kappa shape index (κ1) is 24.8. The Hall–Kier alpha value is -2.83. The molecule has 36 heavy (non-hydrogen) atoms. The summed E-state index contributed by atoms with van der Waals surface area (Å²) >= 11 is 3.74. The zero-order valence-corrected chi connectivity index (χ0v) is 22.1. The molecule has 5 rings (SSSR count). The van der Waals surface area contributed by atoms with Crippen molar-refractivity contribution >= 4 is 38.5 Å². The van der Waals surface area contributed by atoms with Crippen LogP contribution in [-0.4, -0.2) is 78.4 Å². The first-order valence-electron chi connectivity index (χ1n) is 11.9. The summed E-state index contributed by atoms with van der Waals surface area (Å²) < 4.78 is 10.3. The van der Waals surface area contributed by atoms with Crippen molar-refractivity contribution in [1.82, 2.24) is 29.2 Å². The standard InChI is InChI=1S/C25H30BrN7O3/c1-15-17(11-31-13-21(34)22(35)14-31)12-33(30-15)23-6-7-27-25(29-23)28-18-4-5-20-19(10-18)24(26)16(2)32(20)8-9-36-3/h4-7,10,12,21-22,34-35H,8-9,11,13-14H2,1-3H3,(H,27,28,29). The summed E-state index contributed by atoms with van der Waals surface area (Å²) in [4.78, 5) is 11.1. The number of likely N-dealkylation sites (tertiary alicyclic amines) is 1. The minimum Gasteiger partial charge on any atom is -0.389 e. The number of nitrogens with one attached hydrogen (secondary N) is 1. The highest BCUT2D eigenvalue weighted by Crippen LogP contribution is 2.33. The van der Waals surface area contributed by atoms with Gasteiger partial charge in [0.1, 0.15) is 0 Å². The van der Waals surface area contributed by atoms with E-state index < -0.39 is 12.2 Å². The molecule has 190 valence electrons. The summed E-state index contributed by atoms with van der Waals surface area (Å²) in [6, 6.07) is 8.00. The van der Waals surface area contributed by atoms with Crippen LogP contribution in [0.15, 0.2) is 41.1 Å². The van der Waals surface area contributed by atoms with E-state index in [4.69, 9.17) is 4.74 Å². The molecule has 0 radical (unpaired) electrons. The van der Waals surface area contributed by atoms with E-state index >= 15 is 0 Å². The first-order chi connectivity index (χ1) is 17.3. The second-order valence-electron chi connectivity index (χ2n) is 9.15. The lowest BCUT2D eigenvalue weighted by Crippen LogP contribution is -2.22. The van der Waals surface area contributed by atoms with Gasteiger partial charge in [-0.05, 0) is 48.0 Å². The predicted octanol–water partition coefficient (Wildman–Crippen LogP) is 2.92. The average molecular weight is 556 g/mol. The maximum Gasteiger partial charge on any atom is 0.229 e. The van der Waals surface area contributed by atoms with Crippen molar-refractivity contribution in [1.29, 1.82) is 0 Å². The number of benzene rings is 1. The van der Waals surface area contributed by atoms with Crippen molar-refractivity contribution in [2.24, 2.45) is 0 Å². The lowest BCUT2D eigenvalue weighted by molar-refractivity contribution is 0.0572.